The first-order valence-electron chi connectivity index (χ1n) is 5.47. The van der Waals surface area contributed by atoms with Gasteiger partial charge in [-0.25, -0.2) is 17.6 Å². The average molecular weight is 331 g/mol. The Kier molecular flexibility index (Phi) is 4.10. The molecule has 21 heavy (non-hydrogen) atoms. The van der Waals surface area contributed by atoms with Gasteiger partial charge in [-0.05, 0) is 18.2 Å². The maximum atomic E-state index is 13.8. The molecule has 0 fully saturated rings. The van der Waals surface area contributed by atoms with Crippen molar-refractivity contribution in [1.29, 1.82) is 0 Å². The van der Waals surface area contributed by atoms with Gasteiger partial charge in [-0.3, -0.25) is 9.71 Å². The summed E-state index contributed by atoms with van der Waals surface area (Å²) in [6, 6.07) is 4.60. The van der Waals surface area contributed by atoms with E-state index >= 15 is 0 Å². The van der Waals surface area contributed by atoms with Crippen LogP contribution in [0.25, 0.3) is 0 Å². The summed E-state index contributed by atoms with van der Waals surface area (Å²) in [6.07, 6.45) is 2.21. The summed E-state index contributed by atoms with van der Waals surface area (Å²) < 4.78 is 40.0. The Morgan fingerprint density at radius 1 is 1.33 bits per heavy atom. The van der Waals surface area contributed by atoms with Crippen LogP contribution in [0.2, 0.25) is 5.02 Å². The van der Waals surface area contributed by atoms with Gasteiger partial charge in [-0.2, -0.15) is 0 Å². The molecule has 0 radical (unpaired) electrons. The van der Waals surface area contributed by atoms with Crippen LogP contribution in [-0.4, -0.2) is 24.5 Å². The van der Waals surface area contributed by atoms with Gasteiger partial charge in [0.25, 0.3) is 10.0 Å². The predicted octanol–water partition coefficient (Wildman–Crippen LogP) is 2.37. The van der Waals surface area contributed by atoms with Crippen molar-refractivity contribution in [3.05, 3.63) is 53.1 Å². The highest BCUT2D eigenvalue weighted by Crippen LogP contribution is 2.25. The number of sulfonamides is 1. The Morgan fingerprint density at radius 3 is 2.71 bits per heavy atom. The van der Waals surface area contributed by atoms with Gasteiger partial charge < -0.3 is 5.11 Å². The first-order chi connectivity index (χ1) is 9.83. The number of aromatic nitrogens is 1. The number of carboxylic acid groups (broad SMARTS) is 1. The lowest BCUT2D eigenvalue weighted by Crippen LogP contribution is -2.17. The molecule has 1 aromatic carbocycles. The van der Waals surface area contributed by atoms with E-state index in [-0.39, 0.29) is 16.3 Å². The maximum Gasteiger partial charge on any atom is 0.337 e. The van der Waals surface area contributed by atoms with Crippen LogP contribution in [0.1, 0.15) is 10.4 Å². The van der Waals surface area contributed by atoms with Crippen molar-refractivity contribution >= 4 is 33.3 Å². The Hall–Kier alpha value is -2.19. The van der Waals surface area contributed by atoms with E-state index in [0.29, 0.717) is 0 Å². The second kappa shape index (κ2) is 5.66. The smallest absolute Gasteiger partial charge is 0.337 e. The predicted molar refractivity (Wildman–Crippen MR) is 73.4 cm³/mol. The fraction of sp³-hybridized carbons (Fsp3) is 0. The number of carboxylic acids is 1. The van der Waals surface area contributed by atoms with E-state index in [9.17, 15) is 17.6 Å². The molecule has 0 amide bonds. The molecule has 0 aliphatic carbocycles. The summed E-state index contributed by atoms with van der Waals surface area (Å²) >= 11 is 5.53. The number of rotatable bonds is 4. The fourth-order valence-corrected chi connectivity index (χ4v) is 2.95. The van der Waals surface area contributed by atoms with E-state index < -0.39 is 26.7 Å². The van der Waals surface area contributed by atoms with E-state index in [2.05, 4.69) is 4.98 Å². The third kappa shape index (κ3) is 3.11. The number of hydrogen-bond acceptors (Lipinski definition) is 4. The van der Waals surface area contributed by atoms with Gasteiger partial charge in [0.05, 0.1) is 22.5 Å². The normalized spacial score (nSPS) is 11.1. The van der Waals surface area contributed by atoms with Crippen LogP contribution in [0.5, 0.6) is 0 Å². The molecule has 0 saturated carbocycles. The minimum atomic E-state index is -4.34. The van der Waals surface area contributed by atoms with E-state index in [0.717, 1.165) is 18.3 Å². The van der Waals surface area contributed by atoms with E-state index in [1.54, 1.807) is 0 Å². The highest BCUT2D eigenvalue weighted by molar-refractivity contribution is 7.92. The first kappa shape index (κ1) is 15.2. The van der Waals surface area contributed by atoms with Crippen LogP contribution in [0, 0.1) is 5.82 Å². The van der Waals surface area contributed by atoms with E-state index in [1.165, 1.54) is 18.3 Å². The van der Waals surface area contributed by atoms with Gasteiger partial charge in [-0.1, -0.05) is 17.7 Å². The summed E-state index contributed by atoms with van der Waals surface area (Å²) in [6.45, 7) is 0. The van der Waals surface area contributed by atoms with E-state index in [1.807, 2.05) is 4.72 Å². The van der Waals surface area contributed by atoms with Gasteiger partial charge in [0, 0.05) is 6.20 Å². The average Bonchev–Trinajstić information content (AvgIpc) is 2.41. The molecule has 0 spiro atoms. The fourth-order valence-electron chi connectivity index (χ4n) is 1.55. The molecule has 0 atom stereocenters. The number of benzene rings is 1. The van der Waals surface area contributed by atoms with Crippen molar-refractivity contribution in [3.8, 4) is 0 Å². The van der Waals surface area contributed by atoms with Crippen molar-refractivity contribution in [3.63, 3.8) is 0 Å². The van der Waals surface area contributed by atoms with Crippen molar-refractivity contribution in [2.24, 2.45) is 0 Å². The number of hydrogen-bond donors (Lipinski definition) is 2. The second-order valence-corrected chi connectivity index (χ2v) is 5.94. The van der Waals surface area contributed by atoms with Crippen LogP contribution in [-0.2, 0) is 10.0 Å². The molecule has 2 N–H and O–H groups in total. The molecular formula is C12H8ClFN2O4S. The molecule has 0 aliphatic heterocycles. The topological polar surface area (TPSA) is 96.4 Å². The molecule has 0 saturated heterocycles. The Bertz CT molecular complexity index is 811. The summed E-state index contributed by atoms with van der Waals surface area (Å²) in [7, 11) is -4.34. The number of pyridine rings is 1. The third-order valence-corrected chi connectivity index (χ3v) is 4.18. The number of aromatic carboxylic acids is 1. The standard InChI is InChI=1S/C12H8ClFN2O4S/c13-8-2-1-3-10(11(8)14)21(19,20)16-9-6-15-5-4-7(9)12(17)18/h1-6,16H,(H,17,18). The number of nitrogens with zero attached hydrogens (tertiary/aromatic N) is 1. The van der Waals surface area contributed by atoms with Crippen molar-refractivity contribution in [2.45, 2.75) is 4.90 Å². The monoisotopic (exact) mass is 330 g/mol. The number of halogens is 2. The molecular weight excluding hydrogens is 323 g/mol. The first-order valence-corrected chi connectivity index (χ1v) is 7.33. The SMILES string of the molecule is O=C(O)c1ccncc1NS(=O)(=O)c1cccc(Cl)c1F. The lowest BCUT2D eigenvalue weighted by atomic mass is 10.2. The van der Waals surface area contributed by atoms with Crippen LogP contribution >= 0.6 is 11.6 Å². The maximum absolute atomic E-state index is 13.8. The second-order valence-electron chi connectivity index (χ2n) is 3.88. The molecule has 1 heterocycles. The Balaban J connectivity index is 2.48. The zero-order valence-electron chi connectivity index (χ0n) is 10.2. The summed E-state index contributed by atoms with van der Waals surface area (Å²) in [5, 5.41) is 8.62. The van der Waals surface area contributed by atoms with Crippen LogP contribution in [0.15, 0.2) is 41.6 Å². The Labute approximate surface area is 124 Å². The van der Waals surface area contributed by atoms with Crippen molar-refractivity contribution in [2.75, 3.05) is 4.72 Å². The van der Waals surface area contributed by atoms with Gasteiger partial charge in [-0.15, -0.1) is 0 Å². The largest absolute Gasteiger partial charge is 0.478 e. The molecule has 6 nitrogen and oxygen atoms in total. The Morgan fingerprint density at radius 2 is 2.05 bits per heavy atom. The summed E-state index contributed by atoms with van der Waals surface area (Å²) in [5.41, 5.74) is -0.583. The van der Waals surface area contributed by atoms with Gasteiger partial charge in [0.2, 0.25) is 0 Å². The van der Waals surface area contributed by atoms with E-state index in [4.69, 9.17) is 16.7 Å². The molecule has 2 aromatic rings. The van der Waals surface area contributed by atoms with Crippen LogP contribution in [0.4, 0.5) is 10.1 Å². The van der Waals surface area contributed by atoms with Gasteiger partial charge in [0.15, 0.2) is 5.82 Å². The number of carbonyl (C=O) groups is 1. The van der Waals surface area contributed by atoms with Crippen molar-refractivity contribution in [1.82, 2.24) is 4.98 Å². The third-order valence-electron chi connectivity index (χ3n) is 2.50. The lowest BCUT2D eigenvalue weighted by Gasteiger charge is -2.11. The van der Waals surface area contributed by atoms with Crippen LogP contribution in [0.3, 0.4) is 0 Å². The molecule has 2 rings (SSSR count). The molecule has 0 unspecified atom stereocenters. The lowest BCUT2D eigenvalue weighted by molar-refractivity contribution is 0.0698. The zero-order valence-corrected chi connectivity index (χ0v) is 11.8. The van der Waals surface area contributed by atoms with Gasteiger partial charge in [0.1, 0.15) is 4.90 Å². The highest BCUT2D eigenvalue weighted by Gasteiger charge is 2.23. The van der Waals surface area contributed by atoms with Gasteiger partial charge >= 0.3 is 5.97 Å². The number of anilines is 1. The molecule has 0 aliphatic rings. The minimum Gasteiger partial charge on any atom is -0.478 e. The zero-order chi connectivity index (χ0) is 15.6. The van der Waals surface area contributed by atoms with Crippen LogP contribution < -0.4 is 4.72 Å². The molecule has 9 heteroatoms. The highest BCUT2D eigenvalue weighted by atomic mass is 35.5. The van der Waals surface area contributed by atoms with Crippen molar-refractivity contribution < 1.29 is 22.7 Å². The molecule has 110 valence electrons. The minimum absolute atomic E-state index is 0.274. The summed E-state index contributed by atoms with van der Waals surface area (Å²) in [4.78, 5) is 14.0. The molecule has 0 bridgehead atoms. The molecule has 1 aromatic heterocycles. The summed E-state index contributed by atoms with van der Waals surface area (Å²) in [5.74, 6) is -2.46. The quantitative estimate of drug-likeness (QED) is 0.897. The number of nitrogens with one attached hydrogen (secondary N) is 1.